The van der Waals surface area contributed by atoms with Crippen LogP contribution in [-0.4, -0.2) is 73.2 Å². The second-order valence-corrected chi connectivity index (χ2v) is 4.66. The minimum atomic E-state index is -5.37. The molecule has 3 unspecified atom stereocenters. The van der Waals surface area contributed by atoms with Crippen molar-refractivity contribution in [2.45, 2.75) is 50.1 Å². The SMILES string of the molecule is CC(OCCOC(COC(C(O)O)C(F)(F)F)C(F)(F)F)C(F)(F)F. The Morgan fingerprint density at radius 1 is 0.720 bits per heavy atom. The summed E-state index contributed by atoms with van der Waals surface area (Å²) in [6, 6.07) is 0. The second kappa shape index (κ2) is 9.21. The van der Waals surface area contributed by atoms with Gasteiger partial charge in [0.2, 0.25) is 6.10 Å². The van der Waals surface area contributed by atoms with Crippen molar-refractivity contribution in [3.63, 3.8) is 0 Å². The maximum absolute atomic E-state index is 12.6. The molecule has 0 fully saturated rings. The molecule has 0 rings (SSSR count). The van der Waals surface area contributed by atoms with Crippen molar-refractivity contribution < 1.29 is 63.9 Å². The van der Waals surface area contributed by atoms with Gasteiger partial charge in [-0.2, -0.15) is 39.5 Å². The predicted octanol–water partition coefficient (Wildman–Crippen LogP) is 2.16. The Labute approximate surface area is 135 Å². The van der Waals surface area contributed by atoms with Gasteiger partial charge in [0.25, 0.3) is 0 Å². The molecule has 25 heavy (non-hydrogen) atoms. The van der Waals surface area contributed by atoms with Crippen LogP contribution in [0.15, 0.2) is 0 Å². The highest BCUT2D eigenvalue weighted by molar-refractivity contribution is 4.73. The molecule has 2 N–H and O–H groups in total. The first-order valence-corrected chi connectivity index (χ1v) is 6.48. The van der Waals surface area contributed by atoms with E-state index >= 15 is 0 Å². The van der Waals surface area contributed by atoms with Gasteiger partial charge in [0, 0.05) is 0 Å². The third-order valence-electron chi connectivity index (χ3n) is 2.62. The Kier molecular flexibility index (Phi) is 8.90. The minimum absolute atomic E-state index is 0.598. The van der Waals surface area contributed by atoms with Crippen LogP contribution in [0.5, 0.6) is 0 Å². The molecule has 0 aromatic carbocycles. The van der Waals surface area contributed by atoms with Crippen LogP contribution in [0.4, 0.5) is 39.5 Å². The number of aliphatic hydroxyl groups excluding tert-OH is 1. The average molecular weight is 398 g/mol. The third kappa shape index (κ3) is 9.44. The van der Waals surface area contributed by atoms with Gasteiger partial charge >= 0.3 is 18.5 Å². The van der Waals surface area contributed by atoms with Crippen LogP contribution in [0.25, 0.3) is 0 Å². The molecule has 0 aliphatic rings. The fourth-order valence-electron chi connectivity index (χ4n) is 1.29. The number of hydrogen-bond donors (Lipinski definition) is 2. The Morgan fingerprint density at radius 2 is 1.20 bits per heavy atom. The van der Waals surface area contributed by atoms with E-state index in [0.29, 0.717) is 6.92 Å². The molecule has 0 spiro atoms. The number of aliphatic hydroxyl groups is 2. The fraction of sp³-hybridized carbons (Fsp3) is 1.00. The number of rotatable bonds is 9. The normalized spacial score (nSPS) is 17.6. The first-order chi connectivity index (χ1) is 11.1. The molecule has 0 bridgehead atoms. The van der Waals surface area contributed by atoms with Crippen molar-refractivity contribution in [1.82, 2.24) is 0 Å². The van der Waals surface area contributed by atoms with Gasteiger partial charge in [0.15, 0.2) is 18.5 Å². The molecule has 0 aromatic rings. The second-order valence-electron chi connectivity index (χ2n) is 4.66. The molecule has 0 aliphatic heterocycles. The molecule has 0 heterocycles. The maximum Gasteiger partial charge on any atom is 0.419 e. The van der Waals surface area contributed by atoms with E-state index in [1.165, 1.54) is 0 Å². The van der Waals surface area contributed by atoms with Gasteiger partial charge < -0.3 is 24.4 Å². The Hall–Kier alpha value is -0.830. The lowest BCUT2D eigenvalue weighted by Crippen LogP contribution is -2.46. The first-order valence-electron chi connectivity index (χ1n) is 6.48. The van der Waals surface area contributed by atoms with Crippen molar-refractivity contribution >= 4 is 0 Å². The van der Waals surface area contributed by atoms with Gasteiger partial charge in [-0.25, -0.2) is 0 Å². The van der Waals surface area contributed by atoms with Crippen LogP contribution < -0.4 is 0 Å². The summed E-state index contributed by atoms with van der Waals surface area (Å²) in [6.45, 7) is -3.11. The summed E-state index contributed by atoms with van der Waals surface area (Å²) in [5, 5.41) is 17.0. The molecule has 0 radical (unpaired) electrons. The summed E-state index contributed by atoms with van der Waals surface area (Å²) in [5.41, 5.74) is 0. The molecule has 0 saturated carbocycles. The van der Waals surface area contributed by atoms with Crippen LogP contribution in [0.3, 0.4) is 0 Å². The van der Waals surface area contributed by atoms with E-state index in [2.05, 4.69) is 14.2 Å². The molecule has 0 aliphatic carbocycles. The smallest absolute Gasteiger partial charge is 0.367 e. The van der Waals surface area contributed by atoms with E-state index in [1.54, 1.807) is 0 Å². The van der Waals surface area contributed by atoms with Crippen LogP contribution in [0.1, 0.15) is 6.92 Å². The zero-order valence-corrected chi connectivity index (χ0v) is 12.5. The zero-order chi connectivity index (χ0) is 20.1. The molecule has 0 aromatic heterocycles. The highest BCUT2D eigenvalue weighted by Crippen LogP contribution is 2.28. The van der Waals surface area contributed by atoms with Crippen molar-refractivity contribution in [3.8, 4) is 0 Å². The Bertz CT molecular complexity index is 380. The quantitative estimate of drug-likeness (QED) is 0.354. The van der Waals surface area contributed by atoms with Crippen LogP contribution in [-0.2, 0) is 14.2 Å². The monoisotopic (exact) mass is 398 g/mol. The highest BCUT2D eigenvalue weighted by atomic mass is 19.4. The van der Waals surface area contributed by atoms with E-state index < -0.39 is 63.0 Å². The van der Waals surface area contributed by atoms with Gasteiger partial charge in [-0.1, -0.05) is 0 Å². The molecular weight excluding hydrogens is 383 g/mol. The van der Waals surface area contributed by atoms with E-state index in [1.807, 2.05) is 0 Å². The molecule has 14 heteroatoms. The fourth-order valence-corrected chi connectivity index (χ4v) is 1.29. The lowest BCUT2D eigenvalue weighted by Gasteiger charge is -2.26. The summed E-state index contributed by atoms with van der Waals surface area (Å²) in [4.78, 5) is 0. The molecule has 3 atom stereocenters. The summed E-state index contributed by atoms with van der Waals surface area (Å²) >= 11 is 0. The summed E-state index contributed by atoms with van der Waals surface area (Å²) in [6.07, 6.45) is -27.0. The van der Waals surface area contributed by atoms with Crippen molar-refractivity contribution in [2.75, 3.05) is 19.8 Å². The van der Waals surface area contributed by atoms with Crippen LogP contribution in [0, 0.1) is 0 Å². The number of alkyl halides is 9. The standard InChI is InChI=1S/C11H15F9O5/c1-5(9(12,13)14)23-2-3-24-6(10(15,16)17)4-25-7(8(21)22)11(18,19)20/h5-8,21-22H,2-4H2,1H3. The minimum Gasteiger partial charge on any atom is -0.367 e. The van der Waals surface area contributed by atoms with E-state index in [4.69, 9.17) is 10.2 Å². The maximum atomic E-state index is 12.6. The zero-order valence-electron chi connectivity index (χ0n) is 12.5. The Morgan fingerprint density at radius 3 is 1.56 bits per heavy atom. The molecule has 152 valence electrons. The molecular formula is C11H15F9O5. The van der Waals surface area contributed by atoms with Gasteiger partial charge in [0.05, 0.1) is 19.8 Å². The van der Waals surface area contributed by atoms with Gasteiger partial charge in [-0.3, -0.25) is 0 Å². The van der Waals surface area contributed by atoms with Gasteiger partial charge in [0.1, 0.15) is 0 Å². The van der Waals surface area contributed by atoms with Gasteiger partial charge in [-0.15, -0.1) is 0 Å². The van der Waals surface area contributed by atoms with Crippen molar-refractivity contribution in [3.05, 3.63) is 0 Å². The Balaban J connectivity index is 4.58. The van der Waals surface area contributed by atoms with E-state index in [-0.39, 0.29) is 0 Å². The van der Waals surface area contributed by atoms with Crippen LogP contribution >= 0.6 is 0 Å². The molecule has 5 nitrogen and oxygen atoms in total. The largest absolute Gasteiger partial charge is 0.419 e. The van der Waals surface area contributed by atoms with Crippen molar-refractivity contribution in [2.24, 2.45) is 0 Å². The third-order valence-corrected chi connectivity index (χ3v) is 2.62. The summed E-state index contributed by atoms with van der Waals surface area (Å²) in [7, 11) is 0. The predicted molar refractivity (Wildman–Crippen MR) is 61.3 cm³/mol. The highest BCUT2D eigenvalue weighted by Gasteiger charge is 2.48. The molecule has 0 amide bonds. The van der Waals surface area contributed by atoms with Crippen LogP contribution in [0.2, 0.25) is 0 Å². The van der Waals surface area contributed by atoms with E-state index in [0.717, 1.165) is 0 Å². The summed E-state index contributed by atoms with van der Waals surface area (Å²) in [5.74, 6) is 0. The van der Waals surface area contributed by atoms with Gasteiger partial charge in [-0.05, 0) is 6.92 Å². The molecule has 0 saturated heterocycles. The number of hydrogen-bond acceptors (Lipinski definition) is 5. The first kappa shape index (κ1) is 24.2. The topological polar surface area (TPSA) is 68.2 Å². The average Bonchev–Trinajstić information content (AvgIpc) is 2.36. The number of ether oxygens (including phenoxy) is 3. The lowest BCUT2D eigenvalue weighted by molar-refractivity contribution is -0.302. The van der Waals surface area contributed by atoms with E-state index in [9.17, 15) is 39.5 Å². The number of halogens is 9. The lowest BCUT2D eigenvalue weighted by atomic mass is 10.3. The summed E-state index contributed by atoms with van der Waals surface area (Å²) < 4.78 is 123. The van der Waals surface area contributed by atoms with Crippen molar-refractivity contribution in [1.29, 1.82) is 0 Å².